The molecule has 0 saturated carbocycles. The molecule has 0 aliphatic carbocycles. The molecule has 1 saturated heterocycles. The van der Waals surface area contributed by atoms with Gasteiger partial charge in [-0.15, -0.1) is 5.10 Å². The first-order valence-electron chi connectivity index (χ1n) is 7.67. The lowest BCUT2D eigenvalue weighted by Gasteiger charge is -2.32. The maximum atomic E-state index is 5.31. The van der Waals surface area contributed by atoms with E-state index in [0.29, 0.717) is 23.5 Å². The van der Waals surface area contributed by atoms with Gasteiger partial charge in [0, 0.05) is 18.7 Å². The fourth-order valence-electron chi connectivity index (χ4n) is 2.76. The first-order chi connectivity index (χ1) is 10.3. The van der Waals surface area contributed by atoms with E-state index < -0.39 is 0 Å². The molecule has 0 aromatic carbocycles. The van der Waals surface area contributed by atoms with Crippen LogP contribution in [0.1, 0.15) is 38.5 Å². The number of piperidine rings is 1. The van der Waals surface area contributed by atoms with Crippen molar-refractivity contribution >= 4 is 0 Å². The first kappa shape index (κ1) is 14.1. The molecule has 3 heterocycles. The van der Waals surface area contributed by atoms with E-state index in [-0.39, 0.29) is 0 Å². The maximum Gasteiger partial charge on any atom is 0.227 e. The van der Waals surface area contributed by atoms with Gasteiger partial charge in [-0.1, -0.05) is 11.6 Å². The second-order valence-electron chi connectivity index (χ2n) is 5.60. The summed E-state index contributed by atoms with van der Waals surface area (Å²) in [5, 5.41) is 11.8. The van der Waals surface area contributed by atoms with E-state index in [1.807, 2.05) is 12.1 Å². The number of likely N-dealkylation sites (tertiary alicyclic amines) is 1. The summed E-state index contributed by atoms with van der Waals surface area (Å²) in [6.45, 7) is 4.72. The Balaban J connectivity index is 1.55. The number of nitrogens with zero attached hydrogens (tertiary/aromatic N) is 5. The van der Waals surface area contributed by atoms with Gasteiger partial charge < -0.3 is 9.42 Å². The van der Waals surface area contributed by atoms with Gasteiger partial charge in [-0.3, -0.25) is 0 Å². The Labute approximate surface area is 124 Å². The third-order valence-corrected chi connectivity index (χ3v) is 4.06. The Hall–Kier alpha value is -1.82. The van der Waals surface area contributed by atoms with E-state index in [9.17, 15) is 0 Å². The van der Waals surface area contributed by atoms with Crippen molar-refractivity contribution in [1.29, 1.82) is 0 Å². The smallest absolute Gasteiger partial charge is 0.227 e. The number of aryl methyl sites for hydroxylation is 1. The quantitative estimate of drug-likeness (QED) is 0.840. The Morgan fingerprint density at radius 1 is 1.29 bits per heavy atom. The molecule has 1 aliphatic heterocycles. The fourth-order valence-corrected chi connectivity index (χ4v) is 2.76. The SMILES string of the molecule is CC(CCc1nc(-c2cccnn2)no1)N1CCCCC1. The Bertz CT molecular complexity index is 550. The van der Waals surface area contributed by atoms with Gasteiger partial charge in [-0.05, 0) is 51.4 Å². The molecular formula is C15H21N5O. The van der Waals surface area contributed by atoms with Crippen LogP contribution in [0.3, 0.4) is 0 Å². The lowest BCUT2D eigenvalue weighted by Crippen LogP contribution is -2.37. The minimum Gasteiger partial charge on any atom is -0.339 e. The van der Waals surface area contributed by atoms with Crippen molar-refractivity contribution in [3.05, 3.63) is 24.2 Å². The van der Waals surface area contributed by atoms with Crippen LogP contribution in [-0.2, 0) is 6.42 Å². The molecular weight excluding hydrogens is 266 g/mol. The topological polar surface area (TPSA) is 67.9 Å². The van der Waals surface area contributed by atoms with Crippen LogP contribution in [0.25, 0.3) is 11.5 Å². The van der Waals surface area contributed by atoms with Crippen molar-refractivity contribution in [1.82, 2.24) is 25.2 Å². The van der Waals surface area contributed by atoms with Crippen molar-refractivity contribution in [2.75, 3.05) is 13.1 Å². The van der Waals surface area contributed by atoms with Crippen LogP contribution in [0.15, 0.2) is 22.9 Å². The fraction of sp³-hybridized carbons (Fsp3) is 0.600. The first-order valence-corrected chi connectivity index (χ1v) is 7.67. The zero-order chi connectivity index (χ0) is 14.5. The van der Waals surface area contributed by atoms with Gasteiger partial charge in [0.1, 0.15) is 5.69 Å². The second kappa shape index (κ2) is 6.76. The second-order valence-corrected chi connectivity index (χ2v) is 5.60. The van der Waals surface area contributed by atoms with Crippen molar-refractivity contribution in [3.63, 3.8) is 0 Å². The predicted molar refractivity (Wildman–Crippen MR) is 78.5 cm³/mol. The van der Waals surface area contributed by atoms with Gasteiger partial charge in [0.25, 0.3) is 0 Å². The molecule has 1 atom stereocenters. The molecule has 2 aromatic rings. The van der Waals surface area contributed by atoms with E-state index in [1.54, 1.807) is 6.20 Å². The summed E-state index contributed by atoms with van der Waals surface area (Å²) in [7, 11) is 0. The van der Waals surface area contributed by atoms with Gasteiger partial charge in [-0.2, -0.15) is 10.1 Å². The average Bonchev–Trinajstić information content (AvgIpc) is 3.03. The van der Waals surface area contributed by atoms with Crippen molar-refractivity contribution < 1.29 is 4.52 Å². The predicted octanol–water partition coefficient (Wildman–Crippen LogP) is 2.33. The molecule has 0 bridgehead atoms. The summed E-state index contributed by atoms with van der Waals surface area (Å²) in [4.78, 5) is 6.96. The van der Waals surface area contributed by atoms with Crippen LogP contribution in [0.5, 0.6) is 0 Å². The summed E-state index contributed by atoms with van der Waals surface area (Å²) >= 11 is 0. The molecule has 1 unspecified atom stereocenters. The normalized spacial score (nSPS) is 17.8. The van der Waals surface area contributed by atoms with Crippen LogP contribution in [0.4, 0.5) is 0 Å². The van der Waals surface area contributed by atoms with Gasteiger partial charge >= 0.3 is 0 Å². The minimum atomic E-state index is 0.517. The third-order valence-electron chi connectivity index (χ3n) is 4.06. The Kier molecular flexibility index (Phi) is 4.55. The number of hydrogen-bond donors (Lipinski definition) is 0. The molecule has 1 fully saturated rings. The summed E-state index contributed by atoms with van der Waals surface area (Å²) in [6, 6.07) is 4.21. The summed E-state index contributed by atoms with van der Waals surface area (Å²) in [5.74, 6) is 1.20. The highest BCUT2D eigenvalue weighted by Crippen LogP contribution is 2.17. The van der Waals surface area contributed by atoms with Crippen molar-refractivity contribution in [2.45, 2.75) is 45.1 Å². The van der Waals surface area contributed by atoms with E-state index >= 15 is 0 Å². The standard InChI is InChI=1S/C15H21N5O/c1-12(20-10-3-2-4-11-20)7-8-14-17-15(19-21-14)13-6-5-9-16-18-13/h5-6,9,12H,2-4,7-8,10-11H2,1H3. The molecule has 1 aliphatic rings. The zero-order valence-electron chi connectivity index (χ0n) is 12.4. The Morgan fingerprint density at radius 3 is 2.90 bits per heavy atom. The summed E-state index contributed by atoms with van der Waals surface area (Å²) in [6.07, 6.45) is 7.50. The highest BCUT2D eigenvalue weighted by atomic mass is 16.5. The number of rotatable bonds is 5. The van der Waals surface area contributed by atoms with Crippen LogP contribution in [-0.4, -0.2) is 44.4 Å². The van der Waals surface area contributed by atoms with Crippen molar-refractivity contribution in [2.24, 2.45) is 0 Å². The van der Waals surface area contributed by atoms with Crippen LogP contribution in [0.2, 0.25) is 0 Å². The summed E-state index contributed by atoms with van der Waals surface area (Å²) < 4.78 is 5.31. The van der Waals surface area contributed by atoms with Gasteiger partial charge in [-0.25, -0.2) is 0 Å². The lowest BCUT2D eigenvalue weighted by molar-refractivity contribution is 0.164. The van der Waals surface area contributed by atoms with Gasteiger partial charge in [0.15, 0.2) is 0 Å². The molecule has 112 valence electrons. The molecule has 0 amide bonds. The molecule has 6 heteroatoms. The highest BCUT2D eigenvalue weighted by molar-refractivity contribution is 5.46. The number of hydrogen-bond acceptors (Lipinski definition) is 6. The van der Waals surface area contributed by atoms with Crippen LogP contribution < -0.4 is 0 Å². The van der Waals surface area contributed by atoms with E-state index in [1.165, 1.54) is 32.4 Å². The van der Waals surface area contributed by atoms with E-state index in [0.717, 1.165) is 12.8 Å². The Morgan fingerprint density at radius 2 is 2.14 bits per heavy atom. The van der Waals surface area contributed by atoms with Gasteiger partial charge in [0.2, 0.25) is 11.7 Å². The number of aromatic nitrogens is 4. The monoisotopic (exact) mass is 287 g/mol. The molecule has 3 rings (SSSR count). The molecule has 2 aromatic heterocycles. The molecule has 0 N–H and O–H groups in total. The van der Waals surface area contributed by atoms with Crippen LogP contribution in [0, 0.1) is 0 Å². The average molecular weight is 287 g/mol. The van der Waals surface area contributed by atoms with E-state index in [2.05, 4.69) is 32.2 Å². The van der Waals surface area contributed by atoms with Crippen molar-refractivity contribution in [3.8, 4) is 11.5 Å². The van der Waals surface area contributed by atoms with Gasteiger partial charge in [0.05, 0.1) is 0 Å². The van der Waals surface area contributed by atoms with E-state index in [4.69, 9.17) is 4.52 Å². The zero-order valence-corrected chi connectivity index (χ0v) is 12.4. The molecule has 6 nitrogen and oxygen atoms in total. The minimum absolute atomic E-state index is 0.517. The molecule has 0 spiro atoms. The molecule has 21 heavy (non-hydrogen) atoms. The third kappa shape index (κ3) is 3.64. The summed E-state index contributed by atoms with van der Waals surface area (Å²) in [5.41, 5.74) is 0.650. The maximum absolute atomic E-state index is 5.31. The molecule has 0 radical (unpaired) electrons. The van der Waals surface area contributed by atoms with Crippen LogP contribution >= 0.6 is 0 Å². The largest absolute Gasteiger partial charge is 0.339 e. The highest BCUT2D eigenvalue weighted by Gasteiger charge is 2.18. The lowest BCUT2D eigenvalue weighted by atomic mass is 10.1.